The molecule has 2 aliphatic carbocycles. The Morgan fingerprint density at radius 3 is 2.36 bits per heavy atom. The SMILES string of the molecule is CC1=CC2=CC(C)=C(C)[CH]C2=CC1C. The Hall–Kier alpha value is -1.04. The second kappa shape index (κ2) is 3.27. The van der Waals surface area contributed by atoms with Crippen molar-refractivity contribution < 1.29 is 0 Å². The Morgan fingerprint density at radius 2 is 1.64 bits per heavy atom. The molecule has 0 nitrogen and oxygen atoms in total. The van der Waals surface area contributed by atoms with E-state index in [1.807, 2.05) is 0 Å². The fourth-order valence-corrected chi connectivity index (χ4v) is 1.91. The molecular weight excluding hydrogens is 168 g/mol. The summed E-state index contributed by atoms with van der Waals surface area (Å²) < 4.78 is 0. The first-order valence-corrected chi connectivity index (χ1v) is 5.22. The van der Waals surface area contributed by atoms with E-state index in [-0.39, 0.29) is 0 Å². The van der Waals surface area contributed by atoms with Gasteiger partial charge in [0.25, 0.3) is 0 Å². The van der Waals surface area contributed by atoms with Crippen molar-refractivity contribution in [3.05, 3.63) is 52.5 Å². The van der Waals surface area contributed by atoms with Crippen LogP contribution in [-0.4, -0.2) is 0 Å². The lowest BCUT2D eigenvalue weighted by Gasteiger charge is -2.24. The summed E-state index contributed by atoms with van der Waals surface area (Å²) in [5, 5.41) is 0. The summed E-state index contributed by atoms with van der Waals surface area (Å²) in [7, 11) is 0. The molecule has 0 saturated carbocycles. The third-order valence-electron chi connectivity index (χ3n) is 3.23. The van der Waals surface area contributed by atoms with E-state index in [4.69, 9.17) is 0 Å². The molecule has 0 bridgehead atoms. The maximum absolute atomic E-state index is 2.36. The first-order chi connectivity index (χ1) is 6.58. The average molecular weight is 185 g/mol. The summed E-state index contributed by atoms with van der Waals surface area (Å²) in [6.07, 6.45) is 9.25. The molecule has 1 unspecified atom stereocenters. The molecule has 14 heavy (non-hydrogen) atoms. The van der Waals surface area contributed by atoms with Gasteiger partial charge in [-0.1, -0.05) is 41.9 Å². The molecule has 1 radical (unpaired) electrons. The van der Waals surface area contributed by atoms with Gasteiger partial charge in [0.2, 0.25) is 0 Å². The van der Waals surface area contributed by atoms with Crippen LogP contribution in [0.1, 0.15) is 27.7 Å². The van der Waals surface area contributed by atoms with E-state index in [1.165, 1.54) is 27.9 Å². The Kier molecular flexibility index (Phi) is 2.22. The minimum atomic E-state index is 0.588. The monoisotopic (exact) mass is 185 g/mol. The van der Waals surface area contributed by atoms with Crippen LogP contribution in [0.15, 0.2) is 46.1 Å². The fourth-order valence-electron chi connectivity index (χ4n) is 1.91. The molecule has 0 saturated heterocycles. The largest absolute Gasteiger partial charge is 0.0732 e. The van der Waals surface area contributed by atoms with Gasteiger partial charge in [-0.05, 0) is 37.8 Å². The molecule has 0 aromatic carbocycles. The summed E-state index contributed by atoms with van der Waals surface area (Å²) in [6.45, 7) is 8.82. The van der Waals surface area contributed by atoms with Crippen LogP contribution in [0.2, 0.25) is 0 Å². The summed E-state index contributed by atoms with van der Waals surface area (Å²) >= 11 is 0. The summed E-state index contributed by atoms with van der Waals surface area (Å²) in [6, 6.07) is 0. The van der Waals surface area contributed by atoms with E-state index in [1.54, 1.807) is 0 Å². The van der Waals surface area contributed by atoms with Crippen molar-refractivity contribution in [1.29, 1.82) is 0 Å². The van der Waals surface area contributed by atoms with E-state index >= 15 is 0 Å². The van der Waals surface area contributed by atoms with Gasteiger partial charge in [-0.3, -0.25) is 0 Å². The van der Waals surface area contributed by atoms with Gasteiger partial charge >= 0.3 is 0 Å². The molecular formula is C14H17. The standard InChI is InChI=1S/C14H17/c1-9-5-13-7-11(3)12(4)8-14(13)6-10(9)2/h5-9H,1-4H3. The second-order valence-electron chi connectivity index (χ2n) is 4.41. The molecule has 0 aromatic rings. The third kappa shape index (κ3) is 1.50. The van der Waals surface area contributed by atoms with Gasteiger partial charge in [0.05, 0.1) is 0 Å². The number of hydrogen-bond donors (Lipinski definition) is 0. The topological polar surface area (TPSA) is 0 Å². The van der Waals surface area contributed by atoms with Crippen molar-refractivity contribution in [2.75, 3.05) is 0 Å². The zero-order valence-electron chi connectivity index (χ0n) is 9.39. The lowest BCUT2D eigenvalue weighted by molar-refractivity contribution is 0.840. The molecule has 0 N–H and O–H groups in total. The first kappa shape index (κ1) is 9.51. The van der Waals surface area contributed by atoms with E-state index in [0.717, 1.165) is 0 Å². The predicted molar refractivity (Wildman–Crippen MR) is 61.8 cm³/mol. The van der Waals surface area contributed by atoms with Gasteiger partial charge < -0.3 is 0 Å². The van der Waals surface area contributed by atoms with Gasteiger partial charge in [0.15, 0.2) is 0 Å². The van der Waals surface area contributed by atoms with Crippen LogP contribution in [0.4, 0.5) is 0 Å². The highest BCUT2D eigenvalue weighted by Crippen LogP contribution is 2.34. The molecule has 0 heterocycles. The van der Waals surface area contributed by atoms with Crippen LogP contribution in [0, 0.1) is 12.3 Å². The Labute approximate surface area is 86.7 Å². The Morgan fingerprint density at radius 1 is 0.929 bits per heavy atom. The molecule has 0 aromatic heterocycles. The zero-order chi connectivity index (χ0) is 10.3. The zero-order valence-corrected chi connectivity index (χ0v) is 9.39. The normalized spacial score (nSPS) is 26.6. The van der Waals surface area contributed by atoms with Gasteiger partial charge in [-0.2, -0.15) is 0 Å². The lowest BCUT2D eigenvalue weighted by atomic mass is 9.81. The molecule has 73 valence electrons. The molecule has 0 heteroatoms. The van der Waals surface area contributed by atoms with Crippen molar-refractivity contribution in [3.8, 4) is 0 Å². The Bertz CT molecular complexity index is 386. The molecule has 2 aliphatic rings. The molecule has 0 amide bonds. The molecule has 0 fully saturated rings. The summed E-state index contributed by atoms with van der Waals surface area (Å²) in [5.41, 5.74) is 7.01. The Balaban J connectivity index is 2.44. The van der Waals surface area contributed by atoms with Crippen LogP contribution in [0.5, 0.6) is 0 Å². The van der Waals surface area contributed by atoms with E-state index in [9.17, 15) is 0 Å². The van der Waals surface area contributed by atoms with Gasteiger partial charge in [-0.15, -0.1) is 0 Å². The average Bonchev–Trinajstić information content (AvgIpc) is 2.11. The highest BCUT2D eigenvalue weighted by molar-refractivity contribution is 5.60. The van der Waals surface area contributed by atoms with Gasteiger partial charge in [-0.25, -0.2) is 0 Å². The highest BCUT2D eigenvalue weighted by atomic mass is 14.2. The second-order valence-corrected chi connectivity index (χ2v) is 4.41. The number of fused-ring (bicyclic) bond motifs is 1. The minimum Gasteiger partial charge on any atom is -0.0732 e. The summed E-state index contributed by atoms with van der Waals surface area (Å²) in [4.78, 5) is 0. The van der Waals surface area contributed by atoms with Gasteiger partial charge in [0, 0.05) is 6.42 Å². The maximum Gasteiger partial charge on any atom is 0.0160 e. The van der Waals surface area contributed by atoms with Gasteiger partial charge in [0.1, 0.15) is 0 Å². The number of rotatable bonds is 0. The molecule has 0 spiro atoms. The van der Waals surface area contributed by atoms with Crippen molar-refractivity contribution in [1.82, 2.24) is 0 Å². The predicted octanol–water partition coefficient (Wildman–Crippen LogP) is 3.99. The van der Waals surface area contributed by atoms with Crippen molar-refractivity contribution >= 4 is 0 Å². The van der Waals surface area contributed by atoms with Crippen LogP contribution < -0.4 is 0 Å². The highest BCUT2D eigenvalue weighted by Gasteiger charge is 2.17. The van der Waals surface area contributed by atoms with Crippen LogP contribution in [0.3, 0.4) is 0 Å². The van der Waals surface area contributed by atoms with E-state index < -0.39 is 0 Å². The number of hydrogen-bond acceptors (Lipinski definition) is 0. The molecule has 1 atom stereocenters. The smallest absolute Gasteiger partial charge is 0.0160 e. The van der Waals surface area contributed by atoms with E-state index in [2.05, 4.69) is 52.3 Å². The van der Waals surface area contributed by atoms with Crippen molar-refractivity contribution in [2.45, 2.75) is 27.7 Å². The van der Waals surface area contributed by atoms with Crippen LogP contribution in [-0.2, 0) is 0 Å². The third-order valence-corrected chi connectivity index (χ3v) is 3.23. The van der Waals surface area contributed by atoms with E-state index in [0.29, 0.717) is 5.92 Å². The first-order valence-electron chi connectivity index (χ1n) is 5.22. The van der Waals surface area contributed by atoms with Crippen molar-refractivity contribution in [3.63, 3.8) is 0 Å². The fraction of sp³-hybridized carbons (Fsp3) is 0.357. The van der Waals surface area contributed by atoms with Crippen LogP contribution in [0.25, 0.3) is 0 Å². The van der Waals surface area contributed by atoms with Crippen molar-refractivity contribution in [2.24, 2.45) is 5.92 Å². The minimum absolute atomic E-state index is 0.588. The van der Waals surface area contributed by atoms with Crippen LogP contribution >= 0.6 is 0 Å². The molecule has 0 aliphatic heterocycles. The molecule has 2 rings (SSSR count). The quantitative estimate of drug-likeness (QED) is 0.535. The lowest BCUT2D eigenvalue weighted by Crippen LogP contribution is -2.07. The summed E-state index contributed by atoms with van der Waals surface area (Å²) in [5.74, 6) is 0.588. The maximum atomic E-state index is 2.36. The number of allylic oxidation sites excluding steroid dienone is 8.